The number of phenolic OH excluding ortho intramolecular Hbond substituents is 1. The number of methoxy groups -OCH3 is 1. The van der Waals surface area contributed by atoms with Crippen molar-refractivity contribution in [1.82, 2.24) is 9.78 Å². The van der Waals surface area contributed by atoms with E-state index < -0.39 is 5.92 Å². The Morgan fingerprint density at radius 1 is 1.31 bits per heavy atom. The van der Waals surface area contributed by atoms with E-state index in [0.717, 1.165) is 0 Å². The lowest BCUT2D eigenvalue weighted by Gasteiger charge is -2.23. The molecular weight excluding hydrogens is 394 g/mol. The van der Waals surface area contributed by atoms with Crippen LogP contribution in [0.25, 0.3) is 5.69 Å². The number of phenols is 1. The van der Waals surface area contributed by atoms with Gasteiger partial charge in [-0.1, -0.05) is 23.7 Å². The van der Waals surface area contributed by atoms with E-state index in [2.05, 4.69) is 10.4 Å². The van der Waals surface area contributed by atoms with Crippen LogP contribution in [0.1, 0.15) is 34.0 Å². The maximum Gasteiger partial charge on any atom is 0.226 e. The molecule has 0 radical (unpaired) electrons. The first kappa shape index (κ1) is 19.0. The number of nitrogens with one attached hydrogen (secondary N) is 1. The van der Waals surface area contributed by atoms with E-state index in [1.54, 1.807) is 29.8 Å². The molecule has 29 heavy (non-hydrogen) atoms. The number of nitrogens with zero attached hydrogens (tertiary/aromatic N) is 2. The SMILES string of the molecule is COc1cc(C(=O)C2CC(=O)Nc3c2c(C)nn3-c2ccccc2Cl)ccc1O. The van der Waals surface area contributed by atoms with Gasteiger partial charge < -0.3 is 15.2 Å². The predicted octanol–water partition coefficient (Wildman–Crippen LogP) is 3.86. The zero-order chi connectivity index (χ0) is 20.7. The van der Waals surface area contributed by atoms with Gasteiger partial charge in [-0.2, -0.15) is 5.10 Å². The van der Waals surface area contributed by atoms with Crippen molar-refractivity contribution in [3.8, 4) is 17.2 Å². The van der Waals surface area contributed by atoms with Gasteiger partial charge in [0.1, 0.15) is 5.82 Å². The molecule has 3 aromatic rings. The third-order valence-electron chi connectivity index (χ3n) is 4.96. The highest BCUT2D eigenvalue weighted by molar-refractivity contribution is 6.32. The number of rotatable bonds is 4. The number of fused-ring (bicyclic) bond motifs is 1. The van der Waals surface area contributed by atoms with Gasteiger partial charge in [0, 0.05) is 17.5 Å². The van der Waals surface area contributed by atoms with E-state index >= 15 is 0 Å². The highest BCUT2D eigenvalue weighted by atomic mass is 35.5. The Morgan fingerprint density at radius 3 is 2.79 bits per heavy atom. The molecule has 0 spiro atoms. The predicted molar refractivity (Wildman–Crippen MR) is 108 cm³/mol. The molecule has 0 saturated heterocycles. The average molecular weight is 412 g/mol. The van der Waals surface area contributed by atoms with Crippen molar-refractivity contribution >= 4 is 29.1 Å². The summed E-state index contributed by atoms with van der Waals surface area (Å²) in [7, 11) is 1.41. The minimum atomic E-state index is -0.704. The van der Waals surface area contributed by atoms with Crippen molar-refractivity contribution in [2.45, 2.75) is 19.3 Å². The molecule has 0 aliphatic carbocycles. The van der Waals surface area contributed by atoms with Gasteiger partial charge in [-0.3, -0.25) is 9.59 Å². The second kappa shape index (κ2) is 7.25. The second-order valence-electron chi connectivity index (χ2n) is 6.77. The van der Waals surface area contributed by atoms with Crippen molar-refractivity contribution in [2.24, 2.45) is 0 Å². The molecule has 148 valence electrons. The first-order valence-electron chi connectivity index (χ1n) is 8.96. The number of carbonyl (C=O) groups is 2. The zero-order valence-corrected chi connectivity index (χ0v) is 16.5. The molecule has 2 heterocycles. The third-order valence-corrected chi connectivity index (χ3v) is 5.28. The lowest BCUT2D eigenvalue weighted by atomic mass is 9.85. The number of halogens is 1. The number of benzene rings is 2. The fourth-order valence-corrected chi connectivity index (χ4v) is 3.82. The van der Waals surface area contributed by atoms with Gasteiger partial charge in [-0.05, 0) is 37.3 Å². The topological polar surface area (TPSA) is 93.5 Å². The number of anilines is 1. The lowest BCUT2D eigenvalue weighted by molar-refractivity contribution is -0.116. The van der Waals surface area contributed by atoms with Crippen LogP contribution < -0.4 is 10.1 Å². The van der Waals surface area contributed by atoms with Crippen LogP contribution in [0.4, 0.5) is 5.82 Å². The van der Waals surface area contributed by atoms with Crippen LogP contribution in [0.3, 0.4) is 0 Å². The summed E-state index contributed by atoms with van der Waals surface area (Å²) in [5, 5.41) is 17.6. The first-order valence-corrected chi connectivity index (χ1v) is 9.34. The summed E-state index contributed by atoms with van der Waals surface area (Å²) in [6.07, 6.45) is 0.00405. The van der Waals surface area contributed by atoms with Crippen LogP contribution in [0.2, 0.25) is 5.02 Å². The fraction of sp³-hybridized carbons (Fsp3) is 0.190. The molecule has 0 saturated carbocycles. The van der Waals surface area contributed by atoms with Crippen LogP contribution in [0.15, 0.2) is 42.5 Å². The van der Waals surface area contributed by atoms with Gasteiger partial charge in [0.05, 0.1) is 29.4 Å². The third kappa shape index (κ3) is 3.23. The molecule has 1 unspecified atom stereocenters. The molecule has 1 aromatic heterocycles. The van der Waals surface area contributed by atoms with E-state index in [9.17, 15) is 14.7 Å². The summed E-state index contributed by atoms with van der Waals surface area (Å²) in [6.45, 7) is 1.79. The molecule has 1 atom stereocenters. The Balaban J connectivity index is 1.82. The second-order valence-corrected chi connectivity index (χ2v) is 7.17. The molecule has 4 rings (SSSR count). The molecule has 1 aliphatic rings. The monoisotopic (exact) mass is 411 g/mol. The van der Waals surface area contributed by atoms with E-state index in [-0.39, 0.29) is 29.6 Å². The van der Waals surface area contributed by atoms with E-state index in [1.807, 2.05) is 6.07 Å². The van der Waals surface area contributed by atoms with E-state index in [4.69, 9.17) is 16.3 Å². The number of amides is 1. The van der Waals surface area contributed by atoms with Gasteiger partial charge in [0.2, 0.25) is 5.91 Å². The number of carbonyl (C=O) groups excluding carboxylic acids is 2. The molecule has 2 aromatic carbocycles. The van der Waals surface area contributed by atoms with Crippen molar-refractivity contribution in [3.63, 3.8) is 0 Å². The van der Waals surface area contributed by atoms with Gasteiger partial charge in [0.15, 0.2) is 17.3 Å². The number of Topliss-reactive ketones (excluding diaryl/α,β-unsaturated/α-hetero) is 1. The maximum absolute atomic E-state index is 13.3. The molecule has 7 nitrogen and oxygen atoms in total. The number of hydrogen-bond donors (Lipinski definition) is 2. The highest BCUT2D eigenvalue weighted by Gasteiger charge is 2.36. The van der Waals surface area contributed by atoms with Crippen LogP contribution in [-0.4, -0.2) is 33.7 Å². The number of para-hydroxylation sites is 1. The van der Waals surface area contributed by atoms with Gasteiger partial charge in [-0.15, -0.1) is 0 Å². The molecule has 1 aliphatic heterocycles. The molecule has 2 N–H and O–H groups in total. The Labute approximate surface area is 171 Å². The van der Waals surface area contributed by atoms with Crippen LogP contribution in [0.5, 0.6) is 11.5 Å². The van der Waals surface area contributed by atoms with Crippen molar-refractivity contribution in [1.29, 1.82) is 0 Å². The Bertz CT molecular complexity index is 1140. The minimum Gasteiger partial charge on any atom is -0.504 e. The summed E-state index contributed by atoms with van der Waals surface area (Å²) in [6, 6.07) is 11.5. The summed E-state index contributed by atoms with van der Waals surface area (Å²) >= 11 is 6.31. The van der Waals surface area contributed by atoms with Crippen molar-refractivity contribution in [2.75, 3.05) is 12.4 Å². The molecule has 8 heteroatoms. The summed E-state index contributed by atoms with van der Waals surface area (Å²) in [4.78, 5) is 25.7. The van der Waals surface area contributed by atoms with E-state index in [0.29, 0.717) is 33.3 Å². The van der Waals surface area contributed by atoms with Crippen molar-refractivity contribution in [3.05, 3.63) is 64.3 Å². The maximum atomic E-state index is 13.3. The average Bonchev–Trinajstić information content (AvgIpc) is 3.03. The largest absolute Gasteiger partial charge is 0.504 e. The summed E-state index contributed by atoms with van der Waals surface area (Å²) < 4.78 is 6.66. The summed E-state index contributed by atoms with van der Waals surface area (Å²) in [5.41, 5.74) is 2.24. The molecule has 1 amide bonds. The number of ether oxygens (including phenoxy) is 1. The Kier molecular flexibility index (Phi) is 4.76. The quantitative estimate of drug-likeness (QED) is 0.636. The normalized spacial score (nSPS) is 15.6. The molecular formula is C21H18ClN3O4. The van der Waals surface area contributed by atoms with Gasteiger partial charge >= 0.3 is 0 Å². The summed E-state index contributed by atoms with van der Waals surface area (Å²) in [5.74, 6) is -0.662. The minimum absolute atomic E-state index is 0.00405. The zero-order valence-electron chi connectivity index (χ0n) is 15.8. The highest BCUT2D eigenvalue weighted by Crippen LogP contribution is 2.40. The van der Waals surface area contributed by atoms with E-state index in [1.165, 1.54) is 25.3 Å². The number of aryl methyl sites for hydroxylation is 1. The number of ketones is 1. The fourth-order valence-electron chi connectivity index (χ4n) is 3.60. The van der Waals surface area contributed by atoms with Crippen LogP contribution in [-0.2, 0) is 4.79 Å². The van der Waals surface area contributed by atoms with Crippen LogP contribution >= 0.6 is 11.6 Å². The lowest BCUT2D eigenvalue weighted by Crippen LogP contribution is -2.28. The Hall–Kier alpha value is -3.32. The van der Waals surface area contributed by atoms with Crippen LogP contribution in [0, 0.1) is 6.92 Å². The Morgan fingerprint density at radius 2 is 2.07 bits per heavy atom. The smallest absolute Gasteiger partial charge is 0.226 e. The van der Waals surface area contributed by atoms with Crippen molar-refractivity contribution < 1.29 is 19.4 Å². The molecule has 0 fully saturated rings. The van der Waals surface area contributed by atoms with Gasteiger partial charge in [-0.25, -0.2) is 4.68 Å². The molecule has 0 bridgehead atoms. The van der Waals surface area contributed by atoms with Gasteiger partial charge in [0.25, 0.3) is 0 Å². The first-order chi connectivity index (χ1) is 13.9. The number of hydrogen-bond acceptors (Lipinski definition) is 5. The number of aromatic hydroxyl groups is 1. The number of aromatic nitrogens is 2. The standard InChI is InChI=1S/C21H18ClN3O4/c1-11-19-13(20(28)12-7-8-16(26)17(9-12)29-2)10-18(27)23-21(19)25(24-11)15-6-4-3-5-14(15)22/h3-9,13,26H,10H2,1-2H3,(H,23,27).